The average Bonchev–Trinajstić information content (AvgIpc) is 3.38. The number of imidazole rings is 1. The van der Waals surface area contributed by atoms with Gasteiger partial charge < -0.3 is 10.6 Å². The van der Waals surface area contributed by atoms with Gasteiger partial charge in [-0.05, 0) is 25.0 Å². The number of nitrogens with zero attached hydrogens (tertiary/aromatic N) is 5. The Kier molecular flexibility index (Phi) is 6.92. The van der Waals surface area contributed by atoms with E-state index in [2.05, 4.69) is 44.4 Å². The van der Waals surface area contributed by atoms with Crippen LogP contribution >= 0.6 is 11.3 Å². The van der Waals surface area contributed by atoms with Crippen molar-refractivity contribution in [3.05, 3.63) is 58.7 Å². The van der Waals surface area contributed by atoms with Gasteiger partial charge in [0, 0.05) is 49.2 Å². The molecule has 0 aliphatic carbocycles. The van der Waals surface area contributed by atoms with Gasteiger partial charge in [0.2, 0.25) is 0 Å². The van der Waals surface area contributed by atoms with Crippen molar-refractivity contribution < 1.29 is 0 Å². The van der Waals surface area contributed by atoms with E-state index < -0.39 is 0 Å². The van der Waals surface area contributed by atoms with E-state index in [9.17, 15) is 0 Å². The molecule has 0 radical (unpaired) electrons. The highest BCUT2D eigenvalue weighted by Crippen LogP contribution is 2.13. The van der Waals surface area contributed by atoms with Crippen molar-refractivity contribution in [2.45, 2.75) is 33.2 Å². The van der Waals surface area contributed by atoms with E-state index in [-0.39, 0.29) is 0 Å². The molecule has 0 saturated carbocycles. The molecule has 0 spiro atoms. The number of rotatable bonds is 8. The summed E-state index contributed by atoms with van der Waals surface area (Å²) in [7, 11) is 0. The third-order valence-electron chi connectivity index (χ3n) is 3.92. The van der Waals surface area contributed by atoms with E-state index in [1.165, 1.54) is 4.88 Å². The molecule has 0 amide bonds. The van der Waals surface area contributed by atoms with Gasteiger partial charge in [0.15, 0.2) is 5.96 Å². The van der Waals surface area contributed by atoms with E-state index in [0.29, 0.717) is 6.54 Å². The van der Waals surface area contributed by atoms with Gasteiger partial charge in [0.1, 0.15) is 12.1 Å². The summed E-state index contributed by atoms with van der Waals surface area (Å²) in [6, 6.07) is 4.01. The van der Waals surface area contributed by atoms with Gasteiger partial charge in [-0.2, -0.15) is 0 Å². The van der Waals surface area contributed by atoms with E-state index >= 15 is 0 Å². The number of hydrogen-bond acceptors (Lipinski definition) is 5. The second-order valence-corrected chi connectivity index (χ2v) is 7.14. The Morgan fingerprint density at radius 2 is 2.11 bits per heavy atom. The van der Waals surface area contributed by atoms with E-state index in [1.54, 1.807) is 23.9 Å². The Morgan fingerprint density at radius 1 is 1.19 bits per heavy atom. The molecular formula is C19H25N7S. The predicted octanol–water partition coefficient (Wildman–Crippen LogP) is 2.58. The Bertz CT molecular complexity index is 837. The highest BCUT2D eigenvalue weighted by molar-refractivity contribution is 7.11. The summed E-state index contributed by atoms with van der Waals surface area (Å²) in [5.74, 6) is 1.66. The fraction of sp³-hybridized carbons (Fsp3) is 0.368. The van der Waals surface area contributed by atoms with Crippen LogP contribution in [0.25, 0.3) is 5.82 Å². The standard InChI is InChI=1S/C19H25N7S/c1-3-16-13-24-18(27-16)7-8-22-19(21-4-2)25-12-15-5-6-17(23-11-15)26-10-9-20-14-26/h5-6,9-11,13-14H,3-4,7-8,12H2,1-2H3,(H2,21,22,25). The predicted molar refractivity (Wildman–Crippen MR) is 109 cm³/mol. The van der Waals surface area contributed by atoms with Gasteiger partial charge in [-0.15, -0.1) is 11.3 Å². The van der Waals surface area contributed by atoms with Crippen molar-refractivity contribution in [1.82, 2.24) is 30.2 Å². The number of aryl methyl sites for hydroxylation is 1. The summed E-state index contributed by atoms with van der Waals surface area (Å²) in [5, 5.41) is 7.81. The molecule has 3 aromatic heterocycles. The molecule has 3 aromatic rings. The molecule has 2 N–H and O–H groups in total. The van der Waals surface area contributed by atoms with Crippen molar-refractivity contribution in [3.63, 3.8) is 0 Å². The fourth-order valence-electron chi connectivity index (χ4n) is 2.48. The molecule has 0 atom stereocenters. The minimum atomic E-state index is 0.573. The maximum Gasteiger partial charge on any atom is 0.191 e. The molecule has 27 heavy (non-hydrogen) atoms. The second kappa shape index (κ2) is 9.82. The Balaban J connectivity index is 1.53. The molecule has 0 unspecified atom stereocenters. The highest BCUT2D eigenvalue weighted by Gasteiger charge is 2.03. The number of pyridine rings is 1. The lowest BCUT2D eigenvalue weighted by molar-refractivity contribution is 0.796. The summed E-state index contributed by atoms with van der Waals surface area (Å²) in [5.41, 5.74) is 1.06. The lowest BCUT2D eigenvalue weighted by Crippen LogP contribution is -2.38. The highest BCUT2D eigenvalue weighted by atomic mass is 32.1. The van der Waals surface area contributed by atoms with Gasteiger partial charge in [-0.3, -0.25) is 4.57 Å². The maximum atomic E-state index is 4.65. The van der Waals surface area contributed by atoms with Crippen LogP contribution in [-0.4, -0.2) is 38.6 Å². The van der Waals surface area contributed by atoms with Crippen molar-refractivity contribution in [2.75, 3.05) is 13.1 Å². The van der Waals surface area contributed by atoms with Crippen LogP contribution in [-0.2, 0) is 19.4 Å². The summed E-state index contributed by atoms with van der Waals surface area (Å²) >= 11 is 1.78. The molecule has 0 aliphatic heterocycles. The molecule has 0 aromatic carbocycles. The topological polar surface area (TPSA) is 80.0 Å². The first-order chi connectivity index (χ1) is 13.3. The Hall–Kier alpha value is -2.74. The van der Waals surface area contributed by atoms with Crippen LogP contribution in [0.2, 0.25) is 0 Å². The summed E-state index contributed by atoms with van der Waals surface area (Å²) in [6.07, 6.45) is 11.1. The quantitative estimate of drug-likeness (QED) is 0.462. The summed E-state index contributed by atoms with van der Waals surface area (Å²) in [4.78, 5) is 18.9. The monoisotopic (exact) mass is 383 g/mol. The smallest absolute Gasteiger partial charge is 0.191 e. The lowest BCUT2D eigenvalue weighted by Gasteiger charge is -2.10. The van der Waals surface area contributed by atoms with Crippen molar-refractivity contribution >= 4 is 17.3 Å². The number of aliphatic imine (C=N–C) groups is 1. The van der Waals surface area contributed by atoms with Crippen LogP contribution < -0.4 is 10.6 Å². The first-order valence-corrected chi connectivity index (χ1v) is 9.99. The summed E-state index contributed by atoms with van der Waals surface area (Å²) < 4.78 is 1.88. The SMILES string of the molecule is CCNC(=NCc1ccc(-n2ccnc2)nc1)NCCc1ncc(CC)s1. The number of thiazole rings is 1. The summed E-state index contributed by atoms with van der Waals surface area (Å²) in [6.45, 7) is 6.42. The molecule has 142 valence electrons. The van der Waals surface area contributed by atoms with Crippen LogP contribution in [0, 0.1) is 0 Å². The zero-order valence-corrected chi connectivity index (χ0v) is 16.5. The molecule has 0 bridgehead atoms. The van der Waals surface area contributed by atoms with E-state index in [0.717, 1.165) is 48.3 Å². The third-order valence-corrected chi connectivity index (χ3v) is 5.12. The molecule has 3 heterocycles. The van der Waals surface area contributed by atoms with Crippen molar-refractivity contribution in [3.8, 4) is 5.82 Å². The minimum Gasteiger partial charge on any atom is -0.357 e. The third kappa shape index (κ3) is 5.62. The number of hydrogen-bond donors (Lipinski definition) is 2. The molecule has 7 nitrogen and oxygen atoms in total. The van der Waals surface area contributed by atoms with Crippen LogP contribution in [0.4, 0.5) is 0 Å². The maximum absolute atomic E-state index is 4.65. The number of aromatic nitrogens is 4. The first-order valence-electron chi connectivity index (χ1n) is 9.17. The molecule has 8 heteroatoms. The number of guanidine groups is 1. The van der Waals surface area contributed by atoms with Crippen LogP contribution in [0.15, 0.2) is 48.2 Å². The van der Waals surface area contributed by atoms with Gasteiger partial charge in [0.25, 0.3) is 0 Å². The second-order valence-electron chi connectivity index (χ2n) is 5.94. The first kappa shape index (κ1) is 19.0. The molecule has 3 rings (SSSR count). The molecular weight excluding hydrogens is 358 g/mol. The molecule has 0 saturated heterocycles. The van der Waals surface area contributed by atoms with Crippen LogP contribution in [0.5, 0.6) is 0 Å². The molecule has 0 fully saturated rings. The van der Waals surface area contributed by atoms with Crippen LogP contribution in [0.3, 0.4) is 0 Å². The van der Waals surface area contributed by atoms with Crippen LogP contribution in [0.1, 0.15) is 29.3 Å². The van der Waals surface area contributed by atoms with Crippen molar-refractivity contribution in [2.24, 2.45) is 4.99 Å². The number of nitrogens with one attached hydrogen (secondary N) is 2. The van der Waals surface area contributed by atoms with Gasteiger partial charge in [-0.25, -0.2) is 19.9 Å². The largest absolute Gasteiger partial charge is 0.357 e. The van der Waals surface area contributed by atoms with Gasteiger partial charge >= 0.3 is 0 Å². The Labute approximate surface area is 163 Å². The fourth-order valence-corrected chi connectivity index (χ4v) is 3.35. The Morgan fingerprint density at radius 3 is 2.78 bits per heavy atom. The van der Waals surface area contributed by atoms with Crippen molar-refractivity contribution in [1.29, 1.82) is 0 Å². The zero-order chi connectivity index (χ0) is 18.9. The lowest BCUT2D eigenvalue weighted by atomic mass is 10.3. The van der Waals surface area contributed by atoms with Gasteiger partial charge in [0.05, 0.1) is 11.6 Å². The zero-order valence-electron chi connectivity index (χ0n) is 15.7. The average molecular weight is 384 g/mol. The molecule has 0 aliphatic rings. The minimum absolute atomic E-state index is 0.573. The van der Waals surface area contributed by atoms with E-state index in [4.69, 9.17) is 0 Å². The van der Waals surface area contributed by atoms with Gasteiger partial charge in [-0.1, -0.05) is 13.0 Å². The normalized spacial score (nSPS) is 11.6. The van der Waals surface area contributed by atoms with E-state index in [1.807, 2.05) is 35.3 Å².